The average molecular weight is 543 g/mol. The summed E-state index contributed by atoms with van der Waals surface area (Å²) in [6.07, 6.45) is 0.749. The van der Waals surface area contributed by atoms with Gasteiger partial charge < -0.3 is 15.1 Å². The van der Waals surface area contributed by atoms with Crippen molar-refractivity contribution in [2.24, 2.45) is 0 Å². The van der Waals surface area contributed by atoms with Crippen molar-refractivity contribution in [2.75, 3.05) is 45.1 Å². The lowest BCUT2D eigenvalue weighted by Gasteiger charge is -2.33. The van der Waals surface area contributed by atoms with E-state index in [1.165, 1.54) is 10.1 Å². The van der Waals surface area contributed by atoms with Gasteiger partial charge in [0.2, 0.25) is 11.5 Å². The largest absolute Gasteiger partial charge is 0.401 e. The van der Waals surface area contributed by atoms with Gasteiger partial charge in [0.25, 0.3) is 0 Å². The van der Waals surface area contributed by atoms with Crippen molar-refractivity contribution in [3.05, 3.63) is 59.0 Å². The second-order valence-corrected chi connectivity index (χ2v) is 12.9. The normalized spacial score (nSPS) is 19.8. The third-order valence-corrected chi connectivity index (χ3v) is 10.2. The van der Waals surface area contributed by atoms with E-state index in [4.69, 9.17) is 4.98 Å². The number of aromatic nitrogens is 2. The van der Waals surface area contributed by atoms with Gasteiger partial charge in [-0.05, 0) is 56.2 Å². The van der Waals surface area contributed by atoms with Gasteiger partial charge in [-0.3, -0.25) is 9.69 Å². The Labute approximate surface area is 222 Å². The van der Waals surface area contributed by atoms with Gasteiger partial charge in [0.1, 0.15) is 8.41 Å². The number of benzene rings is 1. The number of hydrogen-bond acceptors (Lipinski definition) is 6. The van der Waals surface area contributed by atoms with Crippen molar-refractivity contribution in [2.45, 2.75) is 44.6 Å². The van der Waals surface area contributed by atoms with E-state index < -0.39 is 21.1 Å². The zero-order chi connectivity index (χ0) is 26.9. The number of rotatable bonds is 5. The third kappa shape index (κ3) is 6.21. The molecule has 0 saturated carbocycles. The minimum atomic E-state index is -4.17. The summed E-state index contributed by atoms with van der Waals surface area (Å²) >= 11 is 0. The van der Waals surface area contributed by atoms with Crippen LogP contribution >= 0.6 is 0 Å². The van der Waals surface area contributed by atoms with E-state index in [1.807, 2.05) is 36.1 Å². The Morgan fingerprint density at radius 3 is 2.58 bits per heavy atom. The first-order valence-electron chi connectivity index (χ1n) is 13.0. The first-order chi connectivity index (χ1) is 18.2. The highest BCUT2D eigenvalue weighted by molar-refractivity contribution is 6.97. The van der Waals surface area contributed by atoms with E-state index in [2.05, 4.69) is 34.4 Å². The molecule has 202 valence electrons. The molecule has 1 saturated heterocycles. The molecule has 0 aliphatic carbocycles. The number of carbonyl (C=O) groups is 1. The lowest BCUT2D eigenvalue weighted by Crippen LogP contribution is -2.47. The lowest BCUT2D eigenvalue weighted by atomic mass is 10.1. The SMILES string of the molecule is CC1=Cc2cnc(NC3CCN(CC(F)(F)F)CC3)nc2CN1C(=O)[Si]1=C(c2ccccc2)CN(C)CC1. The van der Waals surface area contributed by atoms with E-state index in [1.54, 1.807) is 6.20 Å². The van der Waals surface area contributed by atoms with E-state index in [9.17, 15) is 18.0 Å². The number of nitrogens with one attached hydrogen (secondary N) is 1. The fourth-order valence-corrected chi connectivity index (χ4v) is 8.36. The van der Waals surface area contributed by atoms with E-state index in [0.29, 0.717) is 38.4 Å². The van der Waals surface area contributed by atoms with Crippen molar-refractivity contribution >= 4 is 31.1 Å². The number of halogens is 3. The van der Waals surface area contributed by atoms with Crippen molar-refractivity contribution < 1.29 is 18.0 Å². The van der Waals surface area contributed by atoms with E-state index in [0.717, 1.165) is 41.7 Å². The van der Waals surface area contributed by atoms with Crippen molar-refractivity contribution in [3.8, 4) is 0 Å². The third-order valence-electron chi connectivity index (χ3n) is 7.48. The number of allylic oxidation sites excluding steroid dienone is 1. The maximum absolute atomic E-state index is 13.9. The van der Waals surface area contributed by atoms with Gasteiger partial charge in [0, 0.05) is 43.1 Å². The number of fused-ring (bicyclic) bond motifs is 1. The van der Waals surface area contributed by atoms with Gasteiger partial charge in [-0.1, -0.05) is 30.3 Å². The van der Waals surface area contributed by atoms with E-state index in [-0.39, 0.29) is 11.6 Å². The molecule has 3 aliphatic heterocycles. The maximum Gasteiger partial charge on any atom is 0.401 e. The molecule has 0 atom stereocenters. The van der Waals surface area contributed by atoms with Crippen LogP contribution in [-0.4, -0.2) is 95.8 Å². The molecule has 1 aromatic heterocycles. The number of anilines is 1. The molecule has 38 heavy (non-hydrogen) atoms. The van der Waals surface area contributed by atoms with Crippen LogP contribution in [0.2, 0.25) is 6.04 Å². The summed E-state index contributed by atoms with van der Waals surface area (Å²) in [6.45, 7) is 3.95. The minimum absolute atomic E-state index is 0.0174. The number of alkyl halides is 3. The van der Waals surface area contributed by atoms with Crippen LogP contribution in [0.25, 0.3) is 6.08 Å². The first-order valence-corrected chi connectivity index (χ1v) is 14.7. The molecule has 0 unspecified atom stereocenters. The fraction of sp³-hybridized carbons (Fsp3) is 0.481. The standard InChI is InChI=1S/C27H33F3N6OSi/c1-19-14-21-15-31-25(32-22-8-10-35(11-9-22)18-27(28,29)30)33-23(21)16-36(19)26(37)38-13-12-34(2)17-24(38)20-6-4-3-5-7-20/h3-7,14-15,22H,8-13,16-18H2,1-2H3,(H,31,32,33). The molecular weight excluding hydrogens is 509 g/mol. The number of carbonyl (C=O) groups excluding carboxylic acids is 1. The van der Waals surface area contributed by atoms with Gasteiger partial charge in [-0.15, -0.1) is 0 Å². The smallest absolute Gasteiger partial charge is 0.351 e. The molecule has 5 rings (SSSR count). The van der Waals surface area contributed by atoms with Gasteiger partial charge in [-0.25, -0.2) is 9.97 Å². The Hall–Kier alpha value is -2.89. The zero-order valence-corrected chi connectivity index (χ0v) is 22.8. The lowest BCUT2D eigenvalue weighted by molar-refractivity contribution is -0.147. The van der Waals surface area contributed by atoms with Crippen LogP contribution in [0.3, 0.4) is 0 Å². The summed E-state index contributed by atoms with van der Waals surface area (Å²) in [5, 5.41) is 4.55. The predicted octanol–water partition coefficient (Wildman–Crippen LogP) is 4.04. The summed E-state index contributed by atoms with van der Waals surface area (Å²) in [4.78, 5) is 28.7. The summed E-state index contributed by atoms with van der Waals surface area (Å²) in [5.41, 5.74) is 3.91. The van der Waals surface area contributed by atoms with Crippen LogP contribution < -0.4 is 5.32 Å². The number of likely N-dealkylation sites (N-methyl/N-ethyl adjacent to an activating group) is 1. The van der Waals surface area contributed by atoms with Gasteiger partial charge in [-0.2, -0.15) is 13.2 Å². The van der Waals surface area contributed by atoms with Gasteiger partial charge >= 0.3 is 6.18 Å². The quantitative estimate of drug-likeness (QED) is 0.576. The Balaban J connectivity index is 1.30. The van der Waals surface area contributed by atoms with Crippen LogP contribution in [0.5, 0.6) is 0 Å². The molecular formula is C27H33F3N6OSi. The van der Waals surface area contributed by atoms with Crippen LogP contribution in [0.4, 0.5) is 23.9 Å². The Kier molecular flexibility index (Phi) is 7.78. The van der Waals surface area contributed by atoms with E-state index >= 15 is 0 Å². The molecule has 1 aromatic carbocycles. The molecule has 3 aliphatic rings. The first kappa shape index (κ1) is 26.7. The summed E-state index contributed by atoms with van der Waals surface area (Å²) in [6, 6.07) is 11.1. The monoisotopic (exact) mass is 542 g/mol. The topological polar surface area (TPSA) is 64.6 Å². The molecule has 11 heteroatoms. The van der Waals surface area contributed by atoms with Crippen LogP contribution in [0.1, 0.15) is 36.6 Å². The zero-order valence-electron chi connectivity index (χ0n) is 21.8. The predicted molar refractivity (Wildman–Crippen MR) is 144 cm³/mol. The molecule has 2 aromatic rings. The number of piperidine rings is 1. The highest BCUT2D eigenvalue weighted by Gasteiger charge is 2.33. The molecule has 0 bridgehead atoms. The van der Waals surface area contributed by atoms with Crippen LogP contribution in [-0.2, 0) is 6.54 Å². The minimum Gasteiger partial charge on any atom is -0.351 e. The van der Waals surface area contributed by atoms with Crippen molar-refractivity contribution in [3.63, 3.8) is 0 Å². The molecule has 1 amide bonds. The molecule has 4 heterocycles. The Morgan fingerprint density at radius 1 is 1.13 bits per heavy atom. The molecule has 0 spiro atoms. The van der Waals surface area contributed by atoms with Crippen molar-refractivity contribution in [1.82, 2.24) is 24.7 Å². The fourth-order valence-electron chi connectivity index (χ4n) is 5.43. The van der Waals surface area contributed by atoms with Crippen LogP contribution in [0, 0.1) is 0 Å². The highest BCUT2D eigenvalue weighted by atomic mass is 28.2. The number of likely N-dealkylation sites (tertiary alicyclic amines) is 1. The summed E-state index contributed by atoms with van der Waals surface area (Å²) in [5.74, 6) is 0.461. The Morgan fingerprint density at radius 2 is 1.87 bits per heavy atom. The van der Waals surface area contributed by atoms with Crippen LogP contribution in [0.15, 0.2) is 42.2 Å². The molecule has 7 nitrogen and oxygen atoms in total. The highest BCUT2D eigenvalue weighted by Crippen LogP contribution is 2.26. The van der Waals surface area contributed by atoms with Gasteiger partial charge in [0.05, 0.1) is 18.8 Å². The molecule has 1 N–H and O–H groups in total. The average Bonchev–Trinajstić information content (AvgIpc) is 2.89. The second-order valence-electron chi connectivity index (χ2n) is 10.4. The summed E-state index contributed by atoms with van der Waals surface area (Å²) < 4.78 is 38.1. The van der Waals surface area contributed by atoms with Crippen molar-refractivity contribution in [1.29, 1.82) is 0 Å². The molecule has 0 radical (unpaired) electrons. The number of hydrogen-bond donors (Lipinski definition) is 1. The molecule has 1 fully saturated rings. The Bertz CT molecular complexity index is 1240. The number of amides is 1. The maximum atomic E-state index is 13.9. The second kappa shape index (κ2) is 11.1. The van der Waals surface area contributed by atoms with Gasteiger partial charge in [0.15, 0.2) is 0 Å². The number of nitrogens with zero attached hydrogens (tertiary/aromatic N) is 5. The summed E-state index contributed by atoms with van der Waals surface area (Å²) in [7, 11) is 0.642.